The van der Waals surface area contributed by atoms with Gasteiger partial charge in [-0.2, -0.15) is 0 Å². The molecule has 1 aliphatic rings. The molecule has 1 amide bonds. The first-order chi connectivity index (χ1) is 8.58. The third-order valence-corrected chi connectivity index (χ3v) is 3.44. The number of ether oxygens (including phenoxy) is 1. The lowest BCUT2D eigenvalue weighted by Gasteiger charge is -2.18. The average molecular weight is 269 g/mol. The summed E-state index contributed by atoms with van der Waals surface area (Å²) in [6, 6.07) is 7.15. The lowest BCUT2D eigenvalue weighted by atomic mass is 10.0. The number of halogens is 1. The van der Waals surface area contributed by atoms with E-state index in [1.54, 1.807) is 0 Å². The van der Waals surface area contributed by atoms with E-state index in [4.69, 9.17) is 22.1 Å². The number of hydrogen-bond acceptors (Lipinski definition) is 3. The first-order valence-electron chi connectivity index (χ1n) is 5.97. The number of carbonyl (C=O) groups excluding carboxylic acids is 1. The van der Waals surface area contributed by atoms with Crippen molar-refractivity contribution in [3.63, 3.8) is 0 Å². The second-order valence-corrected chi connectivity index (χ2v) is 5.03. The molecule has 2 unspecified atom stereocenters. The molecule has 0 bridgehead atoms. The van der Waals surface area contributed by atoms with E-state index >= 15 is 0 Å². The summed E-state index contributed by atoms with van der Waals surface area (Å²) in [7, 11) is 0. The molecule has 0 aromatic heterocycles. The molecule has 1 aromatic carbocycles. The van der Waals surface area contributed by atoms with Gasteiger partial charge >= 0.3 is 0 Å². The van der Waals surface area contributed by atoms with E-state index in [9.17, 15) is 4.79 Å². The zero-order valence-electron chi connectivity index (χ0n) is 10.2. The highest BCUT2D eigenvalue weighted by Crippen LogP contribution is 2.18. The van der Waals surface area contributed by atoms with Crippen LogP contribution in [-0.2, 0) is 9.53 Å². The first kappa shape index (κ1) is 13.3. The summed E-state index contributed by atoms with van der Waals surface area (Å²) in [4.78, 5) is 12.0. The van der Waals surface area contributed by atoms with Crippen LogP contribution in [0.3, 0.4) is 0 Å². The lowest BCUT2D eigenvalue weighted by molar-refractivity contribution is -0.125. The van der Waals surface area contributed by atoms with Crippen molar-refractivity contribution in [1.82, 2.24) is 5.32 Å². The maximum Gasteiger partial charge on any atom is 0.227 e. The van der Waals surface area contributed by atoms with Crippen LogP contribution in [0.1, 0.15) is 18.5 Å². The van der Waals surface area contributed by atoms with E-state index in [2.05, 4.69) is 5.32 Å². The van der Waals surface area contributed by atoms with Gasteiger partial charge in [-0.15, -0.1) is 0 Å². The minimum atomic E-state index is -0.250. The van der Waals surface area contributed by atoms with Gasteiger partial charge in [-0.25, -0.2) is 0 Å². The topological polar surface area (TPSA) is 64.3 Å². The van der Waals surface area contributed by atoms with Gasteiger partial charge in [0.1, 0.15) is 0 Å². The number of rotatable bonds is 3. The Kier molecular flexibility index (Phi) is 4.22. The van der Waals surface area contributed by atoms with E-state index in [0.29, 0.717) is 18.2 Å². The molecule has 3 atom stereocenters. The molecule has 18 heavy (non-hydrogen) atoms. The second-order valence-electron chi connectivity index (χ2n) is 4.59. The van der Waals surface area contributed by atoms with E-state index in [1.165, 1.54) is 0 Å². The molecule has 1 aromatic rings. The fourth-order valence-corrected chi connectivity index (χ4v) is 2.12. The molecule has 98 valence electrons. The Hall–Kier alpha value is -1.10. The Bertz CT molecular complexity index is 422. The lowest BCUT2D eigenvalue weighted by Crippen LogP contribution is -2.41. The van der Waals surface area contributed by atoms with Crippen LogP contribution in [-0.4, -0.2) is 25.2 Å². The van der Waals surface area contributed by atoms with Crippen LogP contribution in [0.15, 0.2) is 24.3 Å². The van der Waals surface area contributed by atoms with Crippen LogP contribution >= 0.6 is 11.6 Å². The number of nitrogens with one attached hydrogen (secondary N) is 1. The van der Waals surface area contributed by atoms with Crippen molar-refractivity contribution in [2.45, 2.75) is 19.0 Å². The Morgan fingerprint density at radius 1 is 1.44 bits per heavy atom. The number of benzene rings is 1. The van der Waals surface area contributed by atoms with E-state index in [-0.39, 0.29) is 23.9 Å². The molecular formula is C13H17ClN2O2. The monoisotopic (exact) mass is 268 g/mol. The number of amides is 1. The normalized spacial score (nSPS) is 24.8. The predicted molar refractivity (Wildman–Crippen MR) is 70.3 cm³/mol. The first-order valence-corrected chi connectivity index (χ1v) is 6.35. The second kappa shape index (κ2) is 5.69. The molecule has 5 heteroatoms. The van der Waals surface area contributed by atoms with E-state index in [0.717, 1.165) is 5.56 Å². The van der Waals surface area contributed by atoms with E-state index in [1.807, 2.05) is 31.2 Å². The van der Waals surface area contributed by atoms with Crippen molar-refractivity contribution in [2.75, 3.05) is 13.2 Å². The molecule has 3 N–H and O–H groups in total. The smallest absolute Gasteiger partial charge is 0.227 e. The largest absolute Gasteiger partial charge is 0.379 e. The molecule has 1 fully saturated rings. The van der Waals surface area contributed by atoms with Crippen molar-refractivity contribution in [3.05, 3.63) is 34.9 Å². The summed E-state index contributed by atoms with van der Waals surface area (Å²) in [6.07, 6.45) is 0. The van der Waals surface area contributed by atoms with Gasteiger partial charge in [-0.05, 0) is 24.6 Å². The van der Waals surface area contributed by atoms with Crippen molar-refractivity contribution in [2.24, 2.45) is 11.7 Å². The Morgan fingerprint density at radius 3 is 2.67 bits per heavy atom. The summed E-state index contributed by atoms with van der Waals surface area (Å²) in [5.41, 5.74) is 6.82. The molecule has 4 nitrogen and oxygen atoms in total. The van der Waals surface area contributed by atoms with Gasteiger partial charge in [0.25, 0.3) is 0 Å². The van der Waals surface area contributed by atoms with Crippen LogP contribution < -0.4 is 11.1 Å². The molecule has 0 aliphatic carbocycles. The molecule has 1 heterocycles. The molecule has 2 rings (SSSR count). The molecule has 1 saturated heterocycles. The maximum absolute atomic E-state index is 12.0. The predicted octanol–water partition coefficient (Wildman–Crippen LogP) is 1.49. The highest BCUT2D eigenvalue weighted by molar-refractivity contribution is 6.30. The number of hydrogen-bond donors (Lipinski definition) is 2. The Morgan fingerprint density at radius 2 is 2.11 bits per heavy atom. The third-order valence-electron chi connectivity index (χ3n) is 3.19. The third kappa shape index (κ3) is 3.02. The van der Waals surface area contributed by atoms with Gasteiger partial charge in [-0.1, -0.05) is 23.7 Å². The Balaban J connectivity index is 1.96. The van der Waals surface area contributed by atoms with E-state index < -0.39 is 0 Å². The molecule has 0 radical (unpaired) electrons. The quantitative estimate of drug-likeness (QED) is 0.873. The van der Waals surface area contributed by atoms with Crippen LogP contribution in [0.4, 0.5) is 0 Å². The summed E-state index contributed by atoms with van der Waals surface area (Å²) in [5, 5.41) is 3.63. The van der Waals surface area contributed by atoms with Gasteiger partial charge in [0.15, 0.2) is 0 Å². The van der Waals surface area contributed by atoms with Crippen molar-refractivity contribution in [3.8, 4) is 0 Å². The SMILES string of the molecule is C[C@@H](NC(=O)C1COCC1N)c1ccc(Cl)cc1. The van der Waals surface area contributed by atoms with Crippen LogP contribution in [0.25, 0.3) is 0 Å². The average Bonchev–Trinajstić information content (AvgIpc) is 2.76. The standard InChI is InChI=1S/C13H17ClN2O2/c1-8(9-2-4-10(14)5-3-9)16-13(17)11-6-18-7-12(11)15/h2-5,8,11-12H,6-7,15H2,1H3,(H,16,17)/t8-,11?,12?/m1/s1. The Labute approximate surface area is 111 Å². The summed E-state index contributed by atoms with van der Waals surface area (Å²) >= 11 is 5.82. The number of nitrogens with two attached hydrogens (primary N) is 1. The number of carbonyl (C=O) groups is 1. The van der Waals surface area contributed by atoms with Crippen LogP contribution in [0.5, 0.6) is 0 Å². The van der Waals surface area contributed by atoms with Gasteiger partial charge in [0.05, 0.1) is 25.2 Å². The van der Waals surface area contributed by atoms with Gasteiger partial charge < -0.3 is 15.8 Å². The van der Waals surface area contributed by atoms with Crippen LogP contribution in [0.2, 0.25) is 5.02 Å². The zero-order valence-corrected chi connectivity index (χ0v) is 11.0. The molecule has 1 aliphatic heterocycles. The zero-order chi connectivity index (χ0) is 13.1. The minimum Gasteiger partial charge on any atom is -0.379 e. The van der Waals surface area contributed by atoms with Gasteiger partial charge in [0.2, 0.25) is 5.91 Å². The van der Waals surface area contributed by atoms with Crippen LogP contribution in [0, 0.1) is 5.92 Å². The minimum absolute atomic E-state index is 0.0533. The molecule has 0 spiro atoms. The summed E-state index contributed by atoms with van der Waals surface area (Å²) < 4.78 is 5.19. The van der Waals surface area contributed by atoms with Crippen molar-refractivity contribution in [1.29, 1.82) is 0 Å². The van der Waals surface area contributed by atoms with Crippen molar-refractivity contribution >= 4 is 17.5 Å². The fourth-order valence-electron chi connectivity index (χ4n) is 2.00. The highest BCUT2D eigenvalue weighted by atomic mass is 35.5. The summed E-state index contributed by atoms with van der Waals surface area (Å²) in [5.74, 6) is -0.304. The molecular weight excluding hydrogens is 252 g/mol. The van der Waals surface area contributed by atoms with Crippen molar-refractivity contribution < 1.29 is 9.53 Å². The fraction of sp³-hybridized carbons (Fsp3) is 0.462. The summed E-state index contributed by atoms with van der Waals surface area (Å²) in [6.45, 7) is 2.79. The molecule has 0 saturated carbocycles. The maximum atomic E-state index is 12.0. The van der Waals surface area contributed by atoms with Gasteiger partial charge in [-0.3, -0.25) is 4.79 Å². The highest BCUT2D eigenvalue weighted by Gasteiger charge is 2.31. The van der Waals surface area contributed by atoms with Gasteiger partial charge in [0, 0.05) is 11.1 Å².